The molecule has 1 aliphatic rings. The minimum absolute atomic E-state index is 0.103. The van der Waals surface area contributed by atoms with E-state index in [1.807, 2.05) is 18.3 Å². The van der Waals surface area contributed by atoms with Crippen LogP contribution in [-0.2, 0) is 17.8 Å². The minimum atomic E-state index is -0.103. The van der Waals surface area contributed by atoms with Crippen molar-refractivity contribution in [2.75, 3.05) is 11.9 Å². The van der Waals surface area contributed by atoms with Crippen LogP contribution >= 0.6 is 0 Å². The maximum Gasteiger partial charge on any atom is 0.222 e. The predicted octanol–water partition coefficient (Wildman–Crippen LogP) is 2.66. The fourth-order valence-electron chi connectivity index (χ4n) is 2.85. The fourth-order valence-corrected chi connectivity index (χ4v) is 2.85. The summed E-state index contributed by atoms with van der Waals surface area (Å²) < 4.78 is 0. The number of fused-ring (bicyclic) bond motifs is 1. The van der Waals surface area contributed by atoms with Gasteiger partial charge >= 0.3 is 0 Å². The molecule has 4 heteroatoms. The molecule has 4 nitrogen and oxygen atoms in total. The number of nitrogens with one attached hydrogen (secondary N) is 2. The molecule has 1 aromatic carbocycles. The molecule has 21 heavy (non-hydrogen) atoms. The van der Waals surface area contributed by atoms with Gasteiger partial charge in [0.15, 0.2) is 0 Å². The van der Waals surface area contributed by atoms with E-state index in [1.54, 1.807) is 0 Å². The standard InChI is InChI=1S/C17H19N3O/c1-11-7-14-9-18-6-5-15(14)16(8-11)13-3-4-17(19-10-13)20-12(2)21/h3-4,7-8,10,18H,5-6,9H2,1-2H3,(H,19,20,21). The summed E-state index contributed by atoms with van der Waals surface area (Å²) in [6.07, 6.45) is 2.88. The van der Waals surface area contributed by atoms with Gasteiger partial charge in [0.25, 0.3) is 0 Å². The molecule has 0 bridgehead atoms. The number of carbonyl (C=O) groups excluding carboxylic acids is 1. The van der Waals surface area contributed by atoms with Crippen molar-refractivity contribution < 1.29 is 4.79 Å². The number of hydrogen-bond acceptors (Lipinski definition) is 3. The van der Waals surface area contributed by atoms with E-state index in [9.17, 15) is 4.79 Å². The Morgan fingerprint density at radius 2 is 2.19 bits per heavy atom. The molecule has 0 saturated heterocycles. The first-order valence-corrected chi connectivity index (χ1v) is 7.20. The maximum atomic E-state index is 11.0. The van der Waals surface area contributed by atoms with E-state index in [-0.39, 0.29) is 5.91 Å². The van der Waals surface area contributed by atoms with Crippen LogP contribution in [0.25, 0.3) is 11.1 Å². The molecule has 108 valence electrons. The Bertz CT molecular complexity index is 677. The Morgan fingerprint density at radius 3 is 2.90 bits per heavy atom. The summed E-state index contributed by atoms with van der Waals surface area (Å²) in [4.78, 5) is 15.4. The van der Waals surface area contributed by atoms with Gasteiger partial charge in [-0.25, -0.2) is 4.98 Å². The monoisotopic (exact) mass is 281 g/mol. The van der Waals surface area contributed by atoms with Crippen LogP contribution in [0.4, 0.5) is 5.82 Å². The second-order valence-corrected chi connectivity index (χ2v) is 5.49. The lowest BCUT2D eigenvalue weighted by molar-refractivity contribution is -0.114. The van der Waals surface area contributed by atoms with Crippen molar-refractivity contribution >= 4 is 11.7 Å². The molecular weight excluding hydrogens is 262 g/mol. The lowest BCUT2D eigenvalue weighted by Gasteiger charge is -2.21. The molecule has 1 amide bonds. The third-order valence-corrected chi connectivity index (χ3v) is 3.73. The number of benzene rings is 1. The molecule has 1 aliphatic heterocycles. The Balaban J connectivity index is 2.00. The quantitative estimate of drug-likeness (QED) is 0.890. The van der Waals surface area contributed by atoms with Crippen LogP contribution in [0.5, 0.6) is 0 Å². The zero-order valence-corrected chi connectivity index (χ0v) is 12.4. The second kappa shape index (κ2) is 5.66. The number of nitrogens with zero attached hydrogens (tertiary/aromatic N) is 1. The molecule has 2 aromatic rings. The summed E-state index contributed by atoms with van der Waals surface area (Å²) in [5.74, 6) is 0.490. The highest BCUT2D eigenvalue weighted by Crippen LogP contribution is 2.30. The van der Waals surface area contributed by atoms with Crippen LogP contribution in [0.15, 0.2) is 30.5 Å². The van der Waals surface area contributed by atoms with E-state index in [0.29, 0.717) is 5.82 Å². The molecule has 1 aromatic heterocycles. The number of aromatic nitrogens is 1. The van der Waals surface area contributed by atoms with Crippen molar-refractivity contribution in [1.82, 2.24) is 10.3 Å². The molecule has 0 unspecified atom stereocenters. The van der Waals surface area contributed by atoms with Crippen molar-refractivity contribution in [2.24, 2.45) is 0 Å². The second-order valence-electron chi connectivity index (χ2n) is 5.49. The average Bonchev–Trinajstić information content (AvgIpc) is 2.46. The minimum Gasteiger partial charge on any atom is -0.312 e. The zero-order chi connectivity index (χ0) is 14.8. The third-order valence-electron chi connectivity index (χ3n) is 3.73. The smallest absolute Gasteiger partial charge is 0.222 e. The number of hydrogen-bond donors (Lipinski definition) is 2. The van der Waals surface area contributed by atoms with Crippen LogP contribution in [0.1, 0.15) is 23.6 Å². The van der Waals surface area contributed by atoms with E-state index < -0.39 is 0 Å². The highest BCUT2D eigenvalue weighted by molar-refractivity contribution is 5.87. The number of aryl methyl sites for hydroxylation is 1. The van der Waals surface area contributed by atoms with Gasteiger partial charge in [-0.2, -0.15) is 0 Å². The topological polar surface area (TPSA) is 54.0 Å². The van der Waals surface area contributed by atoms with E-state index in [2.05, 4.69) is 34.7 Å². The van der Waals surface area contributed by atoms with Gasteiger partial charge in [-0.1, -0.05) is 17.7 Å². The lowest BCUT2D eigenvalue weighted by Crippen LogP contribution is -2.24. The summed E-state index contributed by atoms with van der Waals surface area (Å²) in [5, 5.41) is 6.11. The van der Waals surface area contributed by atoms with Gasteiger partial charge in [-0.15, -0.1) is 0 Å². The molecule has 0 radical (unpaired) electrons. The summed E-state index contributed by atoms with van der Waals surface area (Å²) in [6, 6.07) is 8.35. The van der Waals surface area contributed by atoms with Gasteiger partial charge in [0.05, 0.1) is 0 Å². The van der Waals surface area contributed by atoms with Crippen LogP contribution in [0.3, 0.4) is 0 Å². The number of pyridine rings is 1. The first kappa shape index (κ1) is 13.8. The number of amides is 1. The normalized spacial score (nSPS) is 13.6. The van der Waals surface area contributed by atoms with Crippen molar-refractivity contribution in [3.05, 3.63) is 47.2 Å². The van der Waals surface area contributed by atoms with E-state index >= 15 is 0 Å². The van der Waals surface area contributed by atoms with E-state index in [0.717, 1.165) is 25.1 Å². The molecule has 0 spiro atoms. The molecule has 0 atom stereocenters. The maximum absolute atomic E-state index is 11.0. The zero-order valence-electron chi connectivity index (χ0n) is 12.4. The summed E-state index contributed by atoms with van der Waals surface area (Å²) >= 11 is 0. The highest BCUT2D eigenvalue weighted by atomic mass is 16.1. The van der Waals surface area contributed by atoms with Gasteiger partial charge in [0.2, 0.25) is 5.91 Å². The molecule has 2 heterocycles. The Hall–Kier alpha value is -2.20. The Kier molecular flexibility index (Phi) is 3.71. The first-order valence-electron chi connectivity index (χ1n) is 7.20. The van der Waals surface area contributed by atoms with Gasteiger partial charge in [0, 0.05) is 25.2 Å². The van der Waals surface area contributed by atoms with Crippen LogP contribution < -0.4 is 10.6 Å². The third kappa shape index (κ3) is 2.95. The SMILES string of the molecule is CC(=O)Nc1ccc(-c2cc(C)cc3c2CCNC3)cn1. The van der Waals surface area contributed by atoms with Gasteiger partial charge in [0.1, 0.15) is 5.82 Å². The predicted molar refractivity (Wildman–Crippen MR) is 84.1 cm³/mol. The molecule has 2 N–H and O–H groups in total. The molecule has 0 saturated carbocycles. The Labute approximate surface area is 124 Å². The highest BCUT2D eigenvalue weighted by Gasteiger charge is 2.15. The van der Waals surface area contributed by atoms with Crippen molar-refractivity contribution in [3.8, 4) is 11.1 Å². The number of rotatable bonds is 2. The van der Waals surface area contributed by atoms with Crippen LogP contribution in [0, 0.1) is 6.92 Å². The molecule has 3 rings (SSSR count). The number of anilines is 1. The van der Waals surface area contributed by atoms with E-state index in [1.165, 1.54) is 29.2 Å². The first-order chi connectivity index (χ1) is 10.1. The lowest BCUT2D eigenvalue weighted by atomic mass is 9.90. The van der Waals surface area contributed by atoms with Crippen molar-refractivity contribution in [3.63, 3.8) is 0 Å². The number of carbonyl (C=O) groups is 1. The molecule has 0 fully saturated rings. The fraction of sp³-hybridized carbons (Fsp3) is 0.294. The van der Waals surface area contributed by atoms with Crippen molar-refractivity contribution in [1.29, 1.82) is 0 Å². The van der Waals surface area contributed by atoms with Crippen LogP contribution in [0.2, 0.25) is 0 Å². The summed E-state index contributed by atoms with van der Waals surface area (Å²) in [6.45, 7) is 5.55. The van der Waals surface area contributed by atoms with Crippen LogP contribution in [-0.4, -0.2) is 17.4 Å². The summed E-state index contributed by atoms with van der Waals surface area (Å²) in [5.41, 5.74) is 6.41. The molecular formula is C17H19N3O. The Morgan fingerprint density at radius 1 is 1.33 bits per heavy atom. The average molecular weight is 281 g/mol. The largest absolute Gasteiger partial charge is 0.312 e. The van der Waals surface area contributed by atoms with Crippen molar-refractivity contribution in [2.45, 2.75) is 26.8 Å². The van der Waals surface area contributed by atoms with Gasteiger partial charge < -0.3 is 10.6 Å². The van der Waals surface area contributed by atoms with Gasteiger partial charge in [-0.3, -0.25) is 4.79 Å². The summed E-state index contributed by atoms with van der Waals surface area (Å²) in [7, 11) is 0. The van der Waals surface area contributed by atoms with E-state index in [4.69, 9.17) is 0 Å². The molecule has 0 aliphatic carbocycles. The van der Waals surface area contributed by atoms with Gasteiger partial charge in [-0.05, 0) is 48.7 Å².